The molecule has 0 saturated carbocycles. The van der Waals surface area contributed by atoms with Crippen LogP contribution in [0.15, 0.2) is 12.1 Å². The number of carbonyl (C=O) groups excluding carboxylic acids is 2. The van der Waals surface area contributed by atoms with Crippen molar-refractivity contribution in [2.75, 3.05) is 22.5 Å². The molecule has 0 bridgehead atoms. The van der Waals surface area contributed by atoms with Gasteiger partial charge in [0.05, 0.1) is 11.4 Å². The van der Waals surface area contributed by atoms with Gasteiger partial charge in [-0.25, -0.2) is 0 Å². The molecule has 0 aliphatic carbocycles. The molecule has 0 aromatic heterocycles. The Bertz CT molecular complexity index is 564. The van der Waals surface area contributed by atoms with E-state index in [4.69, 9.17) is 5.73 Å². The average Bonchev–Trinajstić information content (AvgIpc) is 2.51. The quantitative estimate of drug-likeness (QED) is 0.758. The number of nitrogens with zero attached hydrogens (tertiary/aromatic N) is 1. The Morgan fingerprint density at radius 1 is 1.32 bits per heavy atom. The Labute approximate surface area is 112 Å². The van der Waals surface area contributed by atoms with Crippen LogP contribution in [0.5, 0.6) is 0 Å². The van der Waals surface area contributed by atoms with Crippen molar-refractivity contribution in [1.29, 1.82) is 0 Å². The highest BCUT2D eigenvalue weighted by molar-refractivity contribution is 5.98. The minimum Gasteiger partial charge on any atom is -0.397 e. The molecule has 0 radical (unpaired) electrons. The molecule has 2 rings (SSSR count). The highest BCUT2D eigenvalue weighted by Gasteiger charge is 2.37. The second kappa shape index (κ2) is 4.26. The number of benzene rings is 1. The Balaban J connectivity index is 2.56. The van der Waals surface area contributed by atoms with Crippen molar-refractivity contribution in [1.82, 2.24) is 0 Å². The fourth-order valence-electron chi connectivity index (χ4n) is 2.51. The van der Waals surface area contributed by atoms with Crippen molar-refractivity contribution in [3.05, 3.63) is 17.7 Å². The third-order valence-electron chi connectivity index (χ3n) is 3.43. The van der Waals surface area contributed by atoms with E-state index in [1.54, 1.807) is 17.9 Å². The molecule has 1 heterocycles. The highest BCUT2D eigenvalue weighted by Crippen LogP contribution is 2.43. The highest BCUT2D eigenvalue weighted by atomic mass is 16.2. The zero-order valence-electron chi connectivity index (χ0n) is 11.7. The molecule has 0 spiro atoms. The van der Waals surface area contributed by atoms with Crippen LogP contribution in [0.2, 0.25) is 0 Å². The second-order valence-electron chi connectivity index (χ2n) is 5.63. The van der Waals surface area contributed by atoms with Crippen LogP contribution in [-0.2, 0) is 15.0 Å². The summed E-state index contributed by atoms with van der Waals surface area (Å²) < 4.78 is 0. The molecule has 5 nitrogen and oxygen atoms in total. The Hall–Kier alpha value is -2.04. The van der Waals surface area contributed by atoms with Crippen molar-refractivity contribution in [3.8, 4) is 0 Å². The first kappa shape index (κ1) is 13.4. The molecule has 0 unspecified atom stereocenters. The van der Waals surface area contributed by atoms with Gasteiger partial charge in [0.15, 0.2) is 0 Å². The number of carbonyl (C=O) groups is 2. The van der Waals surface area contributed by atoms with Crippen LogP contribution < -0.4 is 16.0 Å². The fraction of sp³-hybridized carbons (Fsp3) is 0.429. The van der Waals surface area contributed by atoms with Gasteiger partial charge in [-0.1, -0.05) is 13.8 Å². The first-order chi connectivity index (χ1) is 8.72. The molecule has 0 fully saturated rings. The first-order valence-electron chi connectivity index (χ1n) is 6.22. The average molecular weight is 261 g/mol. The Morgan fingerprint density at radius 3 is 2.47 bits per heavy atom. The molecule has 102 valence electrons. The third-order valence-corrected chi connectivity index (χ3v) is 3.43. The van der Waals surface area contributed by atoms with Crippen molar-refractivity contribution in [2.24, 2.45) is 0 Å². The van der Waals surface area contributed by atoms with E-state index < -0.39 is 0 Å². The van der Waals surface area contributed by atoms with Crippen molar-refractivity contribution >= 4 is 28.9 Å². The number of hydrogen-bond donors (Lipinski definition) is 2. The summed E-state index contributed by atoms with van der Waals surface area (Å²) >= 11 is 0. The van der Waals surface area contributed by atoms with E-state index in [9.17, 15) is 9.59 Å². The number of fused-ring (bicyclic) bond motifs is 1. The lowest BCUT2D eigenvalue weighted by Crippen LogP contribution is -2.31. The Morgan fingerprint density at radius 2 is 1.95 bits per heavy atom. The fourth-order valence-corrected chi connectivity index (χ4v) is 2.51. The van der Waals surface area contributed by atoms with Gasteiger partial charge in [-0.2, -0.15) is 0 Å². The van der Waals surface area contributed by atoms with E-state index in [1.165, 1.54) is 6.92 Å². The zero-order chi connectivity index (χ0) is 14.4. The lowest BCUT2D eigenvalue weighted by atomic mass is 9.86. The SMILES string of the molecule is CC(=O)Nc1cc2c(cc1N)N(C(C)=O)CC2(C)C. The molecule has 1 aromatic rings. The van der Waals surface area contributed by atoms with Gasteiger partial charge in [-0.15, -0.1) is 0 Å². The van der Waals surface area contributed by atoms with E-state index >= 15 is 0 Å². The predicted octanol–water partition coefficient (Wildman–Crippen LogP) is 1.87. The van der Waals surface area contributed by atoms with Crippen molar-refractivity contribution in [3.63, 3.8) is 0 Å². The standard InChI is InChI=1S/C14H19N3O2/c1-8(18)16-12-5-10-13(6-11(12)15)17(9(2)19)7-14(10,3)4/h5-6H,7,15H2,1-4H3,(H,16,18). The normalized spacial score (nSPS) is 16.1. The zero-order valence-corrected chi connectivity index (χ0v) is 11.7. The summed E-state index contributed by atoms with van der Waals surface area (Å²) in [5.74, 6) is -0.163. The van der Waals surface area contributed by atoms with E-state index in [-0.39, 0.29) is 17.2 Å². The minimum atomic E-state index is -0.161. The second-order valence-corrected chi connectivity index (χ2v) is 5.63. The number of amides is 2. The summed E-state index contributed by atoms with van der Waals surface area (Å²) in [6, 6.07) is 3.63. The maximum absolute atomic E-state index is 11.7. The molecule has 1 aliphatic rings. The molecule has 19 heavy (non-hydrogen) atoms. The summed E-state index contributed by atoms with van der Waals surface area (Å²) in [5.41, 5.74) is 8.73. The number of nitrogens with one attached hydrogen (secondary N) is 1. The molecular formula is C14H19N3O2. The molecule has 1 aromatic carbocycles. The van der Waals surface area contributed by atoms with Crippen molar-refractivity contribution < 1.29 is 9.59 Å². The van der Waals surface area contributed by atoms with Gasteiger partial charge < -0.3 is 16.0 Å². The largest absolute Gasteiger partial charge is 0.397 e. The van der Waals surface area contributed by atoms with E-state index in [0.717, 1.165) is 11.3 Å². The number of nitrogens with two attached hydrogens (primary N) is 1. The number of nitrogen functional groups attached to an aromatic ring is 1. The topological polar surface area (TPSA) is 75.4 Å². The predicted molar refractivity (Wildman–Crippen MR) is 76.2 cm³/mol. The molecule has 0 saturated heterocycles. The van der Waals surface area contributed by atoms with Crippen molar-refractivity contribution in [2.45, 2.75) is 33.1 Å². The van der Waals surface area contributed by atoms with Gasteiger partial charge in [0.1, 0.15) is 0 Å². The van der Waals surface area contributed by atoms with Gasteiger partial charge in [0, 0.05) is 31.5 Å². The van der Waals surface area contributed by atoms with Gasteiger partial charge in [-0.05, 0) is 17.7 Å². The van der Waals surface area contributed by atoms with E-state index in [2.05, 4.69) is 19.2 Å². The maximum Gasteiger partial charge on any atom is 0.223 e. The number of rotatable bonds is 1. The lowest BCUT2D eigenvalue weighted by Gasteiger charge is -2.19. The summed E-state index contributed by atoms with van der Waals surface area (Å²) in [5, 5.41) is 2.72. The molecular weight excluding hydrogens is 242 g/mol. The van der Waals surface area contributed by atoms with Gasteiger partial charge in [0.25, 0.3) is 0 Å². The Kier molecular flexibility index (Phi) is 3.00. The lowest BCUT2D eigenvalue weighted by molar-refractivity contribution is -0.116. The van der Waals surface area contributed by atoms with Crippen LogP contribution in [0.3, 0.4) is 0 Å². The van der Waals surface area contributed by atoms with Crippen LogP contribution >= 0.6 is 0 Å². The van der Waals surface area contributed by atoms with Gasteiger partial charge in [0.2, 0.25) is 11.8 Å². The van der Waals surface area contributed by atoms with E-state index in [1.807, 2.05) is 6.07 Å². The summed E-state index contributed by atoms with van der Waals surface area (Å²) in [4.78, 5) is 24.6. The van der Waals surface area contributed by atoms with Crippen LogP contribution in [0.4, 0.5) is 17.1 Å². The van der Waals surface area contributed by atoms with Gasteiger partial charge >= 0.3 is 0 Å². The smallest absolute Gasteiger partial charge is 0.223 e. The maximum atomic E-state index is 11.7. The molecule has 1 aliphatic heterocycles. The first-order valence-corrected chi connectivity index (χ1v) is 6.22. The molecule has 0 atom stereocenters. The van der Waals surface area contributed by atoms with Crippen LogP contribution in [0.1, 0.15) is 33.3 Å². The van der Waals surface area contributed by atoms with Gasteiger partial charge in [-0.3, -0.25) is 9.59 Å². The summed E-state index contributed by atoms with van der Waals surface area (Å²) in [6.07, 6.45) is 0. The molecule has 2 amide bonds. The molecule has 5 heteroatoms. The summed E-state index contributed by atoms with van der Waals surface area (Å²) in [7, 11) is 0. The number of hydrogen-bond acceptors (Lipinski definition) is 3. The monoisotopic (exact) mass is 261 g/mol. The van der Waals surface area contributed by atoms with Crippen LogP contribution in [0, 0.1) is 0 Å². The van der Waals surface area contributed by atoms with E-state index in [0.29, 0.717) is 17.9 Å². The minimum absolute atomic E-state index is 0.00139. The van der Waals surface area contributed by atoms with Crippen LogP contribution in [0.25, 0.3) is 0 Å². The third kappa shape index (κ3) is 2.28. The molecule has 3 N–H and O–H groups in total. The summed E-state index contributed by atoms with van der Waals surface area (Å²) in [6.45, 7) is 7.76. The van der Waals surface area contributed by atoms with Crippen LogP contribution in [-0.4, -0.2) is 18.4 Å². The number of anilines is 3.